The Hall–Kier alpha value is -0.0800. The molecule has 1 radical (unpaired) electrons. The molecule has 7 heavy (non-hydrogen) atoms. The highest BCUT2D eigenvalue weighted by Gasteiger charge is 2.12. The summed E-state index contributed by atoms with van der Waals surface area (Å²) in [7, 11) is 0. The molecule has 0 bridgehead atoms. The van der Waals surface area contributed by atoms with Gasteiger partial charge in [0.05, 0.1) is 6.10 Å². The summed E-state index contributed by atoms with van der Waals surface area (Å²) in [6.45, 7) is 4.24. The molecule has 0 spiro atoms. The first-order valence-corrected chi connectivity index (χ1v) is 2.50. The van der Waals surface area contributed by atoms with Gasteiger partial charge in [-0.3, -0.25) is 0 Å². The molecule has 1 rings (SSSR count). The van der Waals surface area contributed by atoms with E-state index in [-0.39, 0.29) is 6.10 Å². The summed E-state index contributed by atoms with van der Waals surface area (Å²) < 4.78 is 9.83. The maximum absolute atomic E-state index is 5.02. The van der Waals surface area contributed by atoms with E-state index in [0.29, 0.717) is 6.79 Å². The van der Waals surface area contributed by atoms with Gasteiger partial charge in [0.1, 0.15) is 13.4 Å². The van der Waals surface area contributed by atoms with Crippen molar-refractivity contribution in [1.29, 1.82) is 0 Å². The molecule has 1 saturated heterocycles. The summed E-state index contributed by atoms with van der Waals surface area (Å²) in [4.78, 5) is 0. The van der Waals surface area contributed by atoms with E-state index < -0.39 is 0 Å². The molecule has 1 atom stereocenters. The third-order valence-corrected chi connectivity index (χ3v) is 1.00. The van der Waals surface area contributed by atoms with Gasteiger partial charge in [0.25, 0.3) is 0 Å². The Morgan fingerprint density at radius 3 is 3.00 bits per heavy atom. The molecule has 2 nitrogen and oxygen atoms in total. The van der Waals surface area contributed by atoms with Crippen LogP contribution >= 0.6 is 0 Å². The van der Waals surface area contributed by atoms with Gasteiger partial charge in [-0.15, -0.1) is 0 Å². The zero-order chi connectivity index (χ0) is 5.11. The molecular formula is C5H9O2. The number of hydrogen-bond acceptors (Lipinski definition) is 2. The molecular weight excluding hydrogens is 92.1 g/mol. The molecule has 0 aromatic heterocycles. The molecule has 41 valence electrons. The first-order chi connectivity index (χ1) is 3.43. The first kappa shape index (κ1) is 5.06. The van der Waals surface area contributed by atoms with Crippen LogP contribution in [0.1, 0.15) is 13.3 Å². The van der Waals surface area contributed by atoms with Crippen molar-refractivity contribution in [2.75, 3.05) is 6.79 Å². The zero-order valence-corrected chi connectivity index (χ0v) is 4.39. The third-order valence-electron chi connectivity index (χ3n) is 1.00. The number of ether oxygens (including phenoxy) is 2. The lowest BCUT2D eigenvalue weighted by atomic mass is 10.3. The normalized spacial score (nSPS) is 31.3. The zero-order valence-electron chi connectivity index (χ0n) is 4.39. The van der Waals surface area contributed by atoms with Crippen LogP contribution in [-0.2, 0) is 9.47 Å². The largest absolute Gasteiger partial charge is 0.349 e. The second kappa shape index (κ2) is 2.28. The second-order valence-electron chi connectivity index (χ2n) is 1.53. The van der Waals surface area contributed by atoms with Crippen molar-refractivity contribution in [2.24, 2.45) is 0 Å². The van der Waals surface area contributed by atoms with Crippen molar-refractivity contribution in [3.63, 3.8) is 0 Å². The van der Waals surface area contributed by atoms with Crippen molar-refractivity contribution in [3.05, 3.63) is 6.61 Å². The summed E-state index contributed by atoms with van der Waals surface area (Å²) in [6, 6.07) is 0. The van der Waals surface area contributed by atoms with Crippen LogP contribution in [0, 0.1) is 6.61 Å². The molecule has 1 aliphatic heterocycles. The Kier molecular flexibility index (Phi) is 1.65. The van der Waals surface area contributed by atoms with Crippen molar-refractivity contribution in [2.45, 2.75) is 19.4 Å². The van der Waals surface area contributed by atoms with Gasteiger partial charge in [-0.25, -0.2) is 0 Å². The molecule has 1 unspecified atom stereocenters. The van der Waals surface area contributed by atoms with Gasteiger partial charge in [-0.1, -0.05) is 6.92 Å². The topological polar surface area (TPSA) is 18.5 Å². The molecule has 1 fully saturated rings. The number of hydrogen-bond donors (Lipinski definition) is 0. The summed E-state index contributed by atoms with van der Waals surface area (Å²) in [5.41, 5.74) is 0. The smallest absolute Gasteiger partial charge is 0.147 e. The van der Waals surface area contributed by atoms with Crippen LogP contribution in [0.25, 0.3) is 0 Å². The first-order valence-electron chi connectivity index (χ1n) is 2.50. The Balaban J connectivity index is 2.14. The summed E-state index contributed by atoms with van der Waals surface area (Å²) >= 11 is 0. The van der Waals surface area contributed by atoms with E-state index in [2.05, 4.69) is 6.92 Å². The van der Waals surface area contributed by atoms with Crippen LogP contribution in [0.4, 0.5) is 0 Å². The maximum Gasteiger partial charge on any atom is 0.147 e. The van der Waals surface area contributed by atoms with Gasteiger partial charge in [0, 0.05) is 0 Å². The van der Waals surface area contributed by atoms with Gasteiger partial charge >= 0.3 is 0 Å². The summed E-state index contributed by atoms with van der Waals surface area (Å²) in [5.74, 6) is 0. The van der Waals surface area contributed by atoms with Gasteiger partial charge in [0.15, 0.2) is 0 Å². The minimum absolute atomic E-state index is 0.250. The highest BCUT2D eigenvalue weighted by Crippen LogP contribution is 2.09. The van der Waals surface area contributed by atoms with Crippen LogP contribution in [0.2, 0.25) is 0 Å². The maximum atomic E-state index is 5.02. The Morgan fingerprint density at radius 2 is 2.71 bits per heavy atom. The van der Waals surface area contributed by atoms with E-state index in [0.717, 1.165) is 6.42 Å². The Labute approximate surface area is 43.4 Å². The van der Waals surface area contributed by atoms with Gasteiger partial charge < -0.3 is 9.47 Å². The van der Waals surface area contributed by atoms with Crippen LogP contribution in [0.3, 0.4) is 0 Å². The van der Waals surface area contributed by atoms with Crippen LogP contribution in [0.5, 0.6) is 0 Å². The van der Waals surface area contributed by atoms with Crippen LogP contribution in [0.15, 0.2) is 0 Å². The lowest BCUT2D eigenvalue weighted by molar-refractivity contribution is 0.0483. The molecule has 2 heteroatoms. The predicted octanol–water partition coefficient (Wildman–Crippen LogP) is 0.931. The molecule has 0 aromatic rings. The fourth-order valence-corrected chi connectivity index (χ4v) is 0.527. The summed E-state index contributed by atoms with van der Waals surface area (Å²) in [5, 5.41) is 0. The van der Waals surface area contributed by atoms with Crippen LogP contribution in [-0.4, -0.2) is 12.9 Å². The van der Waals surface area contributed by atoms with E-state index in [1.807, 2.05) is 0 Å². The van der Waals surface area contributed by atoms with E-state index in [9.17, 15) is 0 Å². The molecule has 1 heterocycles. The molecule has 1 aliphatic rings. The third kappa shape index (κ3) is 1.14. The van der Waals surface area contributed by atoms with Crippen molar-refractivity contribution in [1.82, 2.24) is 0 Å². The molecule has 0 aromatic carbocycles. The van der Waals surface area contributed by atoms with E-state index >= 15 is 0 Å². The average Bonchev–Trinajstić information content (AvgIpc) is 2.14. The quantitative estimate of drug-likeness (QED) is 0.489. The van der Waals surface area contributed by atoms with Crippen molar-refractivity contribution >= 4 is 0 Å². The molecule has 0 N–H and O–H groups in total. The fraction of sp³-hybridized carbons (Fsp3) is 0.800. The van der Waals surface area contributed by atoms with Gasteiger partial charge in [0.2, 0.25) is 0 Å². The molecule has 0 saturated carbocycles. The fourth-order valence-electron chi connectivity index (χ4n) is 0.527. The van der Waals surface area contributed by atoms with E-state index in [4.69, 9.17) is 9.47 Å². The SMILES string of the molecule is CCC1[CH]OCO1. The predicted molar refractivity (Wildman–Crippen MR) is 25.4 cm³/mol. The van der Waals surface area contributed by atoms with Gasteiger partial charge in [-0.2, -0.15) is 0 Å². The van der Waals surface area contributed by atoms with E-state index in [1.54, 1.807) is 6.61 Å². The van der Waals surface area contributed by atoms with E-state index in [1.165, 1.54) is 0 Å². The highest BCUT2D eigenvalue weighted by atomic mass is 16.7. The van der Waals surface area contributed by atoms with Crippen molar-refractivity contribution < 1.29 is 9.47 Å². The second-order valence-corrected chi connectivity index (χ2v) is 1.53. The Morgan fingerprint density at radius 1 is 1.86 bits per heavy atom. The lowest BCUT2D eigenvalue weighted by Crippen LogP contribution is -2.01. The van der Waals surface area contributed by atoms with Gasteiger partial charge in [-0.05, 0) is 6.42 Å². The highest BCUT2D eigenvalue weighted by molar-refractivity contribution is 4.68. The summed E-state index contributed by atoms with van der Waals surface area (Å²) in [6.07, 6.45) is 1.26. The minimum atomic E-state index is 0.250. The molecule has 0 aliphatic carbocycles. The monoisotopic (exact) mass is 101 g/mol. The average molecular weight is 101 g/mol. The lowest BCUT2D eigenvalue weighted by Gasteiger charge is -1.97. The number of rotatable bonds is 1. The van der Waals surface area contributed by atoms with Crippen molar-refractivity contribution in [3.8, 4) is 0 Å². The minimum Gasteiger partial charge on any atom is -0.349 e. The Bertz CT molecular complexity index is 48.0. The van der Waals surface area contributed by atoms with Crippen LogP contribution < -0.4 is 0 Å². The molecule has 0 amide bonds. The standard InChI is InChI=1S/C5H9O2/c1-2-5-3-6-4-7-5/h3,5H,2,4H2,1H3.